The van der Waals surface area contributed by atoms with Crippen LogP contribution in [0.3, 0.4) is 0 Å². The van der Waals surface area contributed by atoms with Crippen LogP contribution in [0.1, 0.15) is 32.1 Å². The highest BCUT2D eigenvalue weighted by Gasteiger charge is 2.20. The molecule has 0 spiro atoms. The Labute approximate surface area is 142 Å². The van der Waals surface area contributed by atoms with Crippen molar-refractivity contribution >= 4 is 6.01 Å². The quantitative estimate of drug-likeness (QED) is 0.665. The van der Waals surface area contributed by atoms with Gasteiger partial charge in [0.25, 0.3) is 6.01 Å². The lowest BCUT2D eigenvalue weighted by Gasteiger charge is -2.21. The number of aromatic nitrogens is 1. The number of oxazole rings is 1. The third kappa shape index (κ3) is 3.21. The van der Waals surface area contributed by atoms with Crippen LogP contribution in [0.4, 0.5) is 6.01 Å². The van der Waals surface area contributed by atoms with E-state index in [1.165, 1.54) is 32.1 Å². The lowest BCUT2D eigenvalue weighted by molar-refractivity contribution is 0.449. The van der Waals surface area contributed by atoms with E-state index < -0.39 is 0 Å². The topological polar surface area (TPSA) is 38.1 Å². The van der Waals surface area contributed by atoms with Crippen molar-refractivity contribution in [2.24, 2.45) is 0 Å². The average molecular weight is 318 g/mol. The first kappa shape index (κ1) is 15.0. The second-order valence-electron chi connectivity index (χ2n) is 6.41. The van der Waals surface area contributed by atoms with Gasteiger partial charge in [-0.05, 0) is 12.8 Å². The fraction of sp³-hybridized carbons (Fsp3) is 0.286. The summed E-state index contributed by atoms with van der Waals surface area (Å²) in [6, 6.07) is 21.6. The molecule has 4 rings (SSSR count). The van der Waals surface area contributed by atoms with Gasteiger partial charge in [0, 0.05) is 17.2 Å². The average Bonchev–Trinajstić information content (AvgIpc) is 3.08. The van der Waals surface area contributed by atoms with Crippen molar-refractivity contribution in [3.05, 3.63) is 60.7 Å². The number of benzene rings is 2. The Morgan fingerprint density at radius 1 is 0.792 bits per heavy atom. The molecule has 1 fully saturated rings. The van der Waals surface area contributed by atoms with Gasteiger partial charge in [-0.2, -0.15) is 4.98 Å². The lowest BCUT2D eigenvalue weighted by Crippen LogP contribution is -2.22. The molecule has 1 heterocycles. The minimum atomic E-state index is 0.477. The molecule has 3 aromatic rings. The van der Waals surface area contributed by atoms with Gasteiger partial charge in [-0.3, -0.25) is 0 Å². The molecule has 0 atom stereocenters. The third-order valence-electron chi connectivity index (χ3n) is 4.64. The van der Waals surface area contributed by atoms with Gasteiger partial charge in [-0.15, -0.1) is 0 Å². The van der Waals surface area contributed by atoms with E-state index in [1.807, 2.05) is 36.4 Å². The molecule has 1 saturated carbocycles. The van der Waals surface area contributed by atoms with Crippen LogP contribution >= 0.6 is 0 Å². The summed E-state index contributed by atoms with van der Waals surface area (Å²) in [5.41, 5.74) is 3.04. The largest absolute Gasteiger partial charge is 0.423 e. The zero-order valence-electron chi connectivity index (χ0n) is 13.7. The molecule has 1 aliphatic carbocycles. The molecule has 122 valence electrons. The maximum atomic E-state index is 6.14. The maximum absolute atomic E-state index is 6.14. The zero-order valence-corrected chi connectivity index (χ0v) is 13.7. The summed E-state index contributed by atoms with van der Waals surface area (Å²) in [4.78, 5) is 4.77. The van der Waals surface area contributed by atoms with Crippen molar-refractivity contribution in [3.63, 3.8) is 0 Å². The highest BCUT2D eigenvalue weighted by atomic mass is 16.4. The van der Waals surface area contributed by atoms with Crippen LogP contribution in [0.15, 0.2) is 65.1 Å². The van der Waals surface area contributed by atoms with E-state index in [-0.39, 0.29) is 0 Å². The molecule has 3 nitrogen and oxygen atoms in total. The monoisotopic (exact) mass is 318 g/mol. The normalized spacial score (nSPS) is 15.3. The van der Waals surface area contributed by atoms with Crippen molar-refractivity contribution in [2.75, 3.05) is 5.32 Å². The summed E-state index contributed by atoms with van der Waals surface area (Å²) < 4.78 is 6.14. The Morgan fingerprint density at radius 2 is 1.42 bits per heavy atom. The first-order valence-electron chi connectivity index (χ1n) is 8.78. The number of rotatable bonds is 4. The Hall–Kier alpha value is -2.55. The van der Waals surface area contributed by atoms with Crippen LogP contribution in [-0.2, 0) is 0 Å². The SMILES string of the molecule is c1ccc(-c2nc(NC3CCCCC3)oc2-c2ccccc2)cc1. The molecule has 0 bridgehead atoms. The fourth-order valence-electron chi connectivity index (χ4n) is 3.38. The van der Waals surface area contributed by atoms with E-state index in [0.29, 0.717) is 12.1 Å². The molecular formula is C21H22N2O. The van der Waals surface area contributed by atoms with Crippen molar-refractivity contribution in [1.29, 1.82) is 0 Å². The summed E-state index contributed by atoms with van der Waals surface area (Å²) in [6.07, 6.45) is 6.31. The van der Waals surface area contributed by atoms with Crippen LogP contribution in [0, 0.1) is 0 Å². The number of anilines is 1. The highest BCUT2D eigenvalue weighted by Crippen LogP contribution is 2.35. The molecule has 0 aliphatic heterocycles. The molecule has 0 amide bonds. The van der Waals surface area contributed by atoms with Crippen LogP contribution < -0.4 is 5.32 Å². The molecule has 0 saturated heterocycles. The molecular weight excluding hydrogens is 296 g/mol. The summed E-state index contributed by atoms with van der Waals surface area (Å²) in [7, 11) is 0. The van der Waals surface area contributed by atoms with E-state index in [1.54, 1.807) is 0 Å². The van der Waals surface area contributed by atoms with Gasteiger partial charge in [-0.25, -0.2) is 0 Å². The number of hydrogen-bond donors (Lipinski definition) is 1. The highest BCUT2D eigenvalue weighted by molar-refractivity contribution is 5.77. The van der Waals surface area contributed by atoms with Crippen molar-refractivity contribution in [1.82, 2.24) is 4.98 Å². The summed E-state index contributed by atoms with van der Waals surface area (Å²) in [5, 5.41) is 3.50. The van der Waals surface area contributed by atoms with Gasteiger partial charge in [0.1, 0.15) is 5.69 Å². The van der Waals surface area contributed by atoms with Crippen molar-refractivity contribution < 1.29 is 4.42 Å². The Balaban J connectivity index is 1.70. The molecule has 1 N–H and O–H groups in total. The number of hydrogen-bond acceptors (Lipinski definition) is 3. The van der Waals surface area contributed by atoms with Gasteiger partial charge >= 0.3 is 0 Å². The molecule has 24 heavy (non-hydrogen) atoms. The summed E-state index contributed by atoms with van der Waals surface area (Å²) >= 11 is 0. The maximum Gasteiger partial charge on any atom is 0.295 e. The van der Waals surface area contributed by atoms with Gasteiger partial charge in [0.2, 0.25) is 0 Å². The van der Waals surface area contributed by atoms with Gasteiger partial charge in [0.05, 0.1) is 0 Å². The lowest BCUT2D eigenvalue weighted by atomic mass is 9.96. The Bertz CT molecular complexity index is 717. The number of nitrogens with one attached hydrogen (secondary N) is 1. The Kier molecular flexibility index (Phi) is 4.32. The predicted molar refractivity (Wildman–Crippen MR) is 97.9 cm³/mol. The van der Waals surface area contributed by atoms with Crippen LogP contribution in [0.25, 0.3) is 22.6 Å². The van der Waals surface area contributed by atoms with Gasteiger partial charge < -0.3 is 9.73 Å². The first-order chi connectivity index (χ1) is 11.9. The van der Waals surface area contributed by atoms with E-state index in [9.17, 15) is 0 Å². The summed E-state index contributed by atoms with van der Waals surface area (Å²) in [5.74, 6) is 0.833. The van der Waals surface area contributed by atoms with Crippen molar-refractivity contribution in [2.45, 2.75) is 38.1 Å². The molecule has 3 heteroatoms. The molecule has 0 radical (unpaired) electrons. The van der Waals surface area contributed by atoms with Gasteiger partial charge in [0.15, 0.2) is 5.76 Å². The second-order valence-corrected chi connectivity index (χ2v) is 6.41. The minimum absolute atomic E-state index is 0.477. The standard InChI is InChI=1S/C21H22N2O/c1-4-10-16(11-5-1)19-20(17-12-6-2-7-13-17)24-21(23-19)22-18-14-8-3-9-15-18/h1-2,4-7,10-13,18H,3,8-9,14-15H2,(H,22,23). The molecule has 1 aromatic heterocycles. The van der Waals surface area contributed by atoms with E-state index >= 15 is 0 Å². The number of nitrogens with zero attached hydrogens (tertiary/aromatic N) is 1. The second kappa shape index (κ2) is 6.91. The molecule has 1 aliphatic rings. The van der Waals surface area contributed by atoms with Crippen LogP contribution in [-0.4, -0.2) is 11.0 Å². The third-order valence-corrected chi connectivity index (χ3v) is 4.64. The fourth-order valence-corrected chi connectivity index (χ4v) is 3.38. The summed E-state index contributed by atoms with van der Waals surface area (Å²) in [6.45, 7) is 0. The smallest absolute Gasteiger partial charge is 0.295 e. The molecule has 0 unspecified atom stereocenters. The predicted octanol–water partition coefficient (Wildman–Crippen LogP) is 5.75. The van der Waals surface area contributed by atoms with Crippen LogP contribution in [0.2, 0.25) is 0 Å². The first-order valence-corrected chi connectivity index (χ1v) is 8.78. The van der Waals surface area contributed by atoms with Gasteiger partial charge in [-0.1, -0.05) is 79.9 Å². The van der Waals surface area contributed by atoms with Crippen LogP contribution in [0.5, 0.6) is 0 Å². The van der Waals surface area contributed by atoms with E-state index in [4.69, 9.17) is 9.40 Å². The van der Waals surface area contributed by atoms with E-state index in [2.05, 4.69) is 29.6 Å². The van der Waals surface area contributed by atoms with Crippen molar-refractivity contribution in [3.8, 4) is 22.6 Å². The molecule has 2 aromatic carbocycles. The zero-order chi connectivity index (χ0) is 16.2. The van der Waals surface area contributed by atoms with E-state index in [0.717, 1.165) is 22.6 Å². The Morgan fingerprint density at radius 3 is 2.08 bits per heavy atom. The minimum Gasteiger partial charge on any atom is -0.423 e.